The van der Waals surface area contributed by atoms with Gasteiger partial charge in [0.1, 0.15) is 12.3 Å². The van der Waals surface area contributed by atoms with Gasteiger partial charge in [-0.15, -0.1) is 0 Å². The van der Waals surface area contributed by atoms with Gasteiger partial charge >= 0.3 is 0 Å². The number of carbonyl (C=O) groups is 1. The highest BCUT2D eigenvalue weighted by atomic mass is 32.2. The van der Waals surface area contributed by atoms with E-state index in [2.05, 4.69) is 25.2 Å². The van der Waals surface area contributed by atoms with Crippen molar-refractivity contribution in [2.24, 2.45) is 0 Å². The zero-order chi connectivity index (χ0) is 23.3. The predicted molar refractivity (Wildman–Crippen MR) is 126 cm³/mol. The monoisotopic (exact) mass is 446 g/mol. The summed E-state index contributed by atoms with van der Waals surface area (Å²) in [7, 11) is -1.96. The molecule has 0 heterocycles. The Labute approximate surface area is 186 Å². The molecular weight excluding hydrogens is 412 g/mol. The molecule has 0 aliphatic carbocycles. The molecule has 2 aromatic rings. The molecular formula is C24H34N2O4S. The fourth-order valence-electron chi connectivity index (χ4n) is 3.60. The van der Waals surface area contributed by atoms with Gasteiger partial charge in [-0.25, -0.2) is 8.42 Å². The number of benzene rings is 2. The van der Waals surface area contributed by atoms with Gasteiger partial charge in [-0.3, -0.25) is 9.10 Å². The average molecular weight is 447 g/mol. The van der Waals surface area contributed by atoms with Crippen molar-refractivity contribution in [2.45, 2.75) is 53.0 Å². The van der Waals surface area contributed by atoms with Crippen molar-refractivity contribution < 1.29 is 17.9 Å². The van der Waals surface area contributed by atoms with E-state index in [1.54, 1.807) is 19.2 Å². The van der Waals surface area contributed by atoms with Crippen LogP contribution in [-0.2, 0) is 21.2 Å². The van der Waals surface area contributed by atoms with Crippen molar-refractivity contribution in [3.8, 4) is 5.75 Å². The molecule has 0 aromatic heterocycles. The molecule has 0 fully saturated rings. The van der Waals surface area contributed by atoms with Gasteiger partial charge in [0.15, 0.2) is 0 Å². The molecule has 0 unspecified atom stereocenters. The molecule has 6 nitrogen and oxygen atoms in total. The molecule has 0 spiro atoms. The number of methoxy groups -OCH3 is 1. The van der Waals surface area contributed by atoms with Crippen molar-refractivity contribution >= 4 is 21.6 Å². The quantitative estimate of drug-likeness (QED) is 0.622. The molecule has 0 radical (unpaired) electrons. The summed E-state index contributed by atoms with van der Waals surface area (Å²) >= 11 is 0. The van der Waals surface area contributed by atoms with Gasteiger partial charge in [0.05, 0.1) is 25.1 Å². The van der Waals surface area contributed by atoms with Crippen LogP contribution in [0.4, 0.5) is 5.69 Å². The molecule has 1 atom stereocenters. The zero-order valence-electron chi connectivity index (χ0n) is 19.5. The van der Waals surface area contributed by atoms with E-state index in [4.69, 9.17) is 4.74 Å². The summed E-state index contributed by atoms with van der Waals surface area (Å²) in [5, 5.41) is 2.95. The van der Waals surface area contributed by atoms with Crippen LogP contribution < -0.4 is 14.4 Å². The molecule has 2 aromatic carbocycles. The van der Waals surface area contributed by atoms with Gasteiger partial charge in [-0.1, -0.05) is 32.9 Å². The summed E-state index contributed by atoms with van der Waals surface area (Å²) < 4.78 is 31.3. The molecule has 31 heavy (non-hydrogen) atoms. The van der Waals surface area contributed by atoms with Crippen molar-refractivity contribution in [2.75, 3.05) is 24.2 Å². The highest BCUT2D eigenvalue weighted by Crippen LogP contribution is 2.32. The first-order valence-corrected chi connectivity index (χ1v) is 12.4. The maximum atomic E-state index is 12.8. The SMILES string of the molecule is CCc1ccc(N(CC(=O)N[C@H](C)c2cc(C(C)C)c(OC)cc2C)S(C)(=O)=O)cc1. The van der Waals surface area contributed by atoms with Crippen molar-refractivity contribution in [3.05, 3.63) is 58.7 Å². The summed E-state index contributed by atoms with van der Waals surface area (Å²) in [6.45, 7) is 9.81. The van der Waals surface area contributed by atoms with E-state index < -0.39 is 10.0 Å². The molecule has 0 saturated heterocycles. The van der Waals surface area contributed by atoms with E-state index >= 15 is 0 Å². The van der Waals surface area contributed by atoms with Crippen LogP contribution in [0.25, 0.3) is 0 Å². The Balaban J connectivity index is 2.23. The van der Waals surface area contributed by atoms with E-state index in [1.807, 2.05) is 39.0 Å². The third-order valence-corrected chi connectivity index (χ3v) is 6.55. The number of ether oxygens (including phenoxy) is 1. The summed E-state index contributed by atoms with van der Waals surface area (Å²) in [6, 6.07) is 11.0. The second-order valence-electron chi connectivity index (χ2n) is 8.18. The number of nitrogens with one attached hydrogen (secondary N) is 1. The van der Waals surface area contributed by atoms with Crippen LogP contribution in [0.2, 0.25) is 0 Å². The molecule has 170 valence electrons. The lowest BCUT2D eigenvalue weighted by atomic mass is 9.93. The highest BCUT2D eigenvalue weighted by Gasteiger charge is 2.23. The first kappa shape index (κ1) is 24.7. The Morgan fingerprint density at radius 1 is 1.10 bits per heavy atom. The number of anilines is 1. The van der Waals surface area contributed by atoms with Gasteiger partial charge in [0.2, 0.25) is 15.9 Å². The Kier molecular flexibility index (Phi) is 8.12. The van der Waals surface area contributed by atoms with Crippen LogP contribution in [0.5, 0.6) is 5.75 Å². The van der Waals surface area contributed by atoms with E-state index in [-0.39, 0.29) is 24.4 Å². The number of nitrogens with zero attached hydrogens (tertiary/aromatic N) is 1. The van der Waals surface area contributed by atoms with Crippen LogP contribution >= 0.6 is 0 Å². The van der Waals surface area contributed by atoms with E-state index in [0.29, 0.717) is 5.69 Å². The first-order chi connectivity index (χ1) is 14.5. The number of amides is 1. The minimum absolute atomic E-state index is 0.268. The highest BCUT2D eigenvalue weighted by molar-refractivity contribution is 7.92. The van der Waals surface area contributed by atoms with Gasteiger partial charge < -0.3 is 10.1 Å². The first-order valence-electron chi connectivity index (χ1n) is 10.5. The van der Waals surface area contributed by atoms with E-state index in [9.17, 15) is 13.2 Å². The molecule has 7 heteroatoms. The van der Waals surface area contributed by atoms with E-state index in [1.165, 1.54) is 0 Å². The molecule has 1 amide bonds. The predicted octanol–water partition coefficient (Wildman–Crippen LogP) is 4.33. The fourth-order valence-corrected chi connectivity index (χ4v) is 4.46. The maximum Gasteiger partial charge on any atom is 0.241 e. The second kappa shape index (κ2) is 10.2. The minimum Gasteiger partial charge on any atom is -0.496 e. The third kappa shape index (κ3) is 6.23. The zero-order valence-corrected chi connectivity index (χ0v) is 20.3. The fraction of sp³-hybridized carbons (Fsp3) is 0.458. The number of aryl methyl sites for hydroxylation is 2. The van der Waals surface area contributed by atoms with Crippen LogP contribution in [-0.4, -0.2) is 34.2 Å². The third-order valence-electron chi connectivity index (χ3n) is 5.40. The van der Waals surface area contributed by atoms with Crippen molar-refractivity contribution in [3.63, 3.8) is 0 Å². The summed E-state index contributed by atoms with van der Waals surface area (Å²) in [5.74, 6) is 0.733. The van der Waals surface area contributed by atoms with E-state index in [0.717, 1.165) is 45.0 Å². The lowest BCUT2D eigenvalue weighted by Crippen LogP contribution is -2.41. The molecule has 0 saturated carbocycles. The molecule has 0 aliphatic rings. The van der Waals surface area contributed by atoms with Crippen LogP contribution in [0, 0.1) is 6.92 Å². The molecule has 1 N–H and O–H groups in total. The smallest absolute Gasteiger partial charge is 0.241 e. The second-order valence-corrected chi connectivity index (χ2v) is 10.1. The van der Waals surface area contributed by atoms with Crippen LogP contribution in [0.3, 0.4) is 0 Å². The minimum atomic E-state index is -3.61. The number of hydrogen-bond acceptors (Lipinski definition) is 4. The number of carbonyl (C=O) groups excluding carboxylic acids is 1. The van der Waals surface area contributed by atoms with Gasteiger partial charge in [0.25, 0.3) is 0 Å². The number of sulfonamides is 1. The largest absolute Gasteiger partial charge is 0.496 e. The number of rotatable bonds is 9. The standard InChI is InChI=1S/C24H34N2O4S/c1-8-19-9-11-20(12-10-19)26(31(7,28)29)15-24(27)25-18(5)22-14-21(16(2)3)23(30-6)13-17(22)4/h9-14,16,18H,8,15H2,1-7H3,(H,25,27)/t18-/m1/s1. The summed E-state index contributed by atoms with van der Waals surface area (Å²) in [5.41, 5.74) is 4.63. The molecule has 2 rings (SSSR count). The van der Waals surface area contributed by atoms with Gasteiger partial charge in [0, 0.05) is 0 Å². The van der Waals surface area contributed by atoms with Crippen LogP contribution in [0.1, 0.15) is 61.9 Å². The Bertz CT molecular complexity index is 1010. The van der Waals surface area contributed by atoms with Gasteiger partial charge in [-0.2, -0.15) is 0 Å². The Morgan fingerprint density at radius 3 is 2.19 bits per heavy atom. The maximum absolute atomic E-state index is 12.8. The number of hydrogen-bond donors (Lipinski definition) is 1. The lowest BCUT2D eigenvalue weighted by Gasteiger charge is -2.24. The average Bonchev–Trinajstić information content (AvgIpc) is 2.70. The molecule has 0 bridgehead atoms. The van der Waals surface area contributed by atoms with Crippen LogP contribution in [0.15, 0.2) is 36.4 Å². The normalized spacial score (nSPS) is 12.5. The summed E-state index contributed by atoms with van der Waals surface area (Å²) in [4.78, 5) is 12.8. The summed E-state index contributed by atoms with van der Waals surface area (Å²) in [6.07, 6.45) is 1.97. The Morgan fingerprint density at radius 2 is 1.71 bits per heavy atom. The van der Waals surface area contributed by atoms with Gasteiger partial charge in [-0.05, 0) is 72.7 Å². The van der Waals surface area contributed by atoms with Crippen molar-refractivity contribution in [1.29, 1.82) is 0 Å². The molecule has 0 aliphatic heterocycles. The van der Waals surface area contributed by atoms with Crippen molar-refractivity contribution in [1.82, 2.24) is 5.32 Å². The topological polar surface area (TPSA) is 75.7 Å². The lowest BCUT2D eigenvalue weighted by molar-refractivity contribution is -0.120. The Hall–Kier alpha value is -2.54.